The van der Waals surface area contributed by atoms with Crippen molar-refractivity contribution in [3.8, 4) is 0 Å². The Hall–Kier alpha value is -1.19. The molecule has 1 unspecified atom stereocenters. The molecule has 0 spiro atoms. The minimum absolute atomic E-state index is 0.163. The van der Waals surface area contributed by atoms with Crippen LogP contribution in [0.15, 0.2) is 5.16 Å². The third kappa shape index (κ3) is 2.07. The van der Waals surface area contributed by atoms with Crippen molar-refractivity contribution in [3.63, 3.8) is 0 Å². The Labute approximate surface area is 144 Å². The lowest BCUT2D eigenvalue weighted by molar-refractivity contribution is -0.135. The number of Topliss-reactive ketones (excluding diaryl/α,β-unsaturated/α-hetero) is 2. The summed E-state index contributed by atoms with van der Waals surface area (Å²) in [5.41, 5.74) is 1.19. The van der Waals surface area contributed by atoms with Crippen molar-refractivity contribution in [1.29, 1.82) is 0 Å². The molecule has 6 atom stereocenters. The van der Waals surface area contributed by atoms with Crippen molar-refractivity contribution in [2.75, 3.05) is 7.11 Å². The van der Waals surface area contributed by atoms with Gasteiger partial charge in [0.2, 0.25) is 0 Å². The van der Waals surface area contributed by atoms with Crippen LogP contribution in [0.25, 0.3) is 0 Å². The molecule has 0 N–H and O–H groups in total. The molecule has 0 amide bonds. The van der Waals surface area contributed by atoms with E-state index in [-0.39, 0.29) is 10.8 Å². The summed E-state index contributed by atoms with van der Waals surface area (Å²) in [4.78, 5) is 29.8. The summed E-state index contributed by atoms with van der Waals surface area (Å²) in [6.07, 6.45) is 7.13. The van der Waals surface area contributed by atoms with Gasteiger partial charge in [0.05, 0.1) is 5.71 Å². The predicted octanol–water partition coefficient (Wildman–Crippen LogP) is 3.78. The fourth-order valence-corrected chi connectivity index (χ4v) is 6.74. The summed E-state index contributed by atoms with van der Waals surface area (Å²) in [6, 6.07) is 0. The first-order valence-electron chi connectivity index (χ1n) is 9.55. The molecule has 0 bridgehead atoms. The molecular weight excluding hydrogens is 302 g/mol. The monoisotopic (exact) mass is 331 g/mol. The van der Waals surface area contributed by atoms with E-state index in [1.54, 1.807) is 7.11 Å². The fourth-order valence-electron chi connectivity index (χ4n) is 6.74. The van der Waals surface area contributed by atoms with Crippen molar-refractivity contribution in [2.24, 2.45) is 39.7 Å². The SMILES string of the molecule is CO/N=C1\CC2CC(=O)CC[C@]2(C)[C@@H]2CC[C@]3(C)C(=O)CC[C@H]3[C@H]12. The average Bonchev–Trinajstić information content (AvgIpc) is 2.85. The number of rotatable bonds is 1. The molecule has 0 aromatic carbocycles. The highest BCUT2D eigenvalue weighted by Crippen LogP contribution is 2.64. The molecule has 0 aliphatic heterocycles. The molecule has 0 radical (unpaired) electrons. The molecule has 4 rings (SSSR count). The van der Waals surface area contributed by atoms with E-state index < -0.39 is 0 Å². The molecule has 4 aliphatic carbocycles. The Bertz CT molecular complexity index is 612. The molecule has 0 heterocycles. The van der Waals surface area contributed by atoms with E-state index in [4.69, 9.17) is 4.84 Å². The summed E-state index contributed by atoms with van der Waals surface area (Å²) < 4.78 is 0. The Morgan fingerprint density at radius 2 is 1.83 bits per heavy atom. The molecule has 0 aromatic rings. The van der Waals surface area contributed by atoms with E-state index in [9.17, 15) is 9.59 Å². The molecule has 4 aliphatic rings. The Morgan fingerprint density at radius 1 is 1.04 bits per heavy atom. The van der Waals surface area contributed by atoms with Crippen molar-refractivity contribution in [3.05, 3.63) is 0 Å². The number of hydrogen-bond acceptors (Lipinski definition) is 4. The van der Waals surface area contributed by atoms with Gasteiger partial charge in [-0.3, -0.25) is 9.59 Å². The molecule has 4 saturated carbocycles. The predicted molar refractivity (Wildman–Crippen MR) is 91.6 cm³/mol. The molecule has 0 saturated heterocycles. The lowest BCUT2D eigenvalue weighted by Gasteiger charge is -2.59. The maximum Gasteiger partial charge on any atom is 0.139 e. The van der Waals surface area contributed by atoms with Crippen molar-refractivity contribution >= 4 is 17.3 Å². The van der Waals surface area contributed by atoms with E-state index in [2.05, 4.69) is 19.0 Å². The van der Waals surface area contributed by atoms with E-state index in [0.29, 0.717) is 41.7 Å². The second-order valence-electron chi connectivity index (χ2n) is 9.07. The molecule has 4 heteroatoms. The molecular formula is C20H29NO3. The first kappa shape index (κ1) is 16.3. The van der Waals surface area contributed by atoms with Crippen LogP contribution in [0.3, 0.4) is 0 Å². The van der Waals surface area contributed by atoms with E-state index >= 15 is 0 Å². The lowest BCUT2D eigenvalue weighted by Crippen LogP contribution is -2.57. The number of hydrogen-bond donors (Lipinski definition) is 0. The van der Waals surface area contributed by atoms with Gasteiger partial charge in [-0.1, -0.05) is 19.0 Å². The highest BCUT2D eigenvalue weighted by Gasteiger charge is 2.62. The maximum atomic E-state index is 12.6. The van der Waals surface area contributed by atoms with Gasteiger partial charge in [-0.05, 0) is 55.3 Å². The van der Waals surface area contributed by atoms with Gasteiger partial charge in [0.1, 0.15) is 18.7 Å². The van der Waals surface area contributed by atoms with Crippen LogP contribution >= 0.6 is 0 Å². The van der Waals surface area contributed by atoms with Crippen LogP contribution in [0, 0.1) is 34.5 Å². The van der Waals surface area contributed by atoms with Crippen molar-refractivity contribution in [2.45, 2.75) is 65.2 Å². The quantitative estimate of drug-likeness (QED) is 0.687. The van der Waals surface area contributed by atoms with Gasteiger partial charge in [0.25, 0.3) is 0 Å². The number of carbonyl (C=O) groups is 2. The lowest BCUT2D eigenvalue weighted by atomic mass is 9.45. The van der Waals surface area contributed by atoms with Crippen molar-refractivity contribution < 1.29 is 14.4 Å². The number of nitrogens with zero attached hydrogens (tertiary/aromatic N) is 1. The zero-order valence-electron chi connectivity index (χ0n) is 15.1. The third-order valence-electron chi connectivity index (χ3n) is 8.22. The fraction of sp³-hybridized carbons (Fsp3) is 0.850. The minimum Gasteiger partial charge on any atom is -0.399 e. The van der Waals surface area contributed by atoms with Gasteiger partial charge in [-0.25, -0.2) is 0 Å². The zero-order chi connectivity index (χ0) is 17.1. The zero-order valence-corrected chi connectivity index (χ0v) is 15.1. The topological polar surface area (TPSA) is 55.7 Å². The second-order valence-corrected chi connectivity index (χ2v) is 9.07. The third-order valence-corrected chi connectivity index (χ3v) is 8.22. The summed E-state index contributed by atoms with van der Waals surface area (Å²) in [7, 11) is 1.61. The molecule has 4 nitrogen and oxygen atoms in total. The van der Waals surface area contributed by atoms with Gasteiger partial charge in [0.15, 0.2) is 0 Å². The van der Waals surface area contributed by atoms with Gasteiger partial charge in [-0.15, -0.1) is 0 Å². The Balaban J connectivity index is 1.76. The van der Waals surface area contributed by atoms with Crippen LogP contribution in [0.5, 0.6) is 0 Å². The Kier molecular flexibility index (Phi) is 3.67. The number of carbonyl (C=O) groups excluding carboxylic acids is 2. The number of fused-ring (bicyclic) bond motifs is 5. The van der Waals surface area contributed by atoms with Crippen LogP contribution in [0.1, 0.15) is 65.2 Å². The highest BCUT2D eigenvalue weighted by atomic mass is 16.6. The first-order chi connectivity index (χ1) is 11.4. The van der Waals surface area contributed by atoms with Crippen molar-refractivity contribution in [1.82, 2.24) is 0 Å². The van der Waals surface area contributed by atoms with Gasteiger partial charge in [0, 0.05) is 30.6 Å². The minimum atomic E-state index is -0.163. The molecule has 4 fully saturated rings. The summed E-state index contributed by atoms with van der Waals surface area (Å²) in [5.74, 6) is 2.58. The second kappa shape index (κ2) is 5.40. The van der Waals surface area contributed by atoms with E-state index in [1.807, 2.05) is 0 Å². The van der Waals surface area contributed by atoms with E-state index in [1.165, 1.54) is 0 Å². The van der Waals surface area contributed by atoms with Crippen LogP contribution in [-0.2, 0) is 14.4 Å². The van der Waals surface area contributed by atoms with Crippen LogP contribution in [-0.4, -0.2) is 24.4 Å². The molecule has 24 heavy (non-hydrogen) atoms. The number of ketones is 2. The first-order valence-corrected chi connectivity index (χ1v) is 9.55. The van der Waals surface area contributed by atoms with Crippen LogP contribution < -0.4 is 0 Å². The largest absolute Gasteiger partial charge is 0.399 e. The average molecular weight is 331 g/mol. The number of oxime groups is 1. The van der Waals surface area contributed by atoms with Crippen LogP contribution in [0.4, 0.5) is 0 Å². The smallest absolute Gasteiger partial charge is 0.139 e. The Morgan fingerprint density at radius 3 is 2.58 bits per heavy atom. The van der Waals surface area contributed by atoms with Gasteiger partial charge in [-0.2, -0.15) is 0 Å². The highest BCUT2D eigenvalue weighted by molar-refractivity contribution is 5.93. The molecule has 0 aromatic heterocycles. The van der Waals surface area contributed by atoms with Gasteiger partial charge >= 0.3 is 0 Å². The summed E-state index contributed by atoms with van der Waals surface area (Å²) in [5, 5.41) is 4.43. The van der Waals surface area contributed by atoms with Crippen LogP contribution in [0.2, 0.25) is 0 Å². The summed E-state index contributed by atoms with van der Waals surface area (Å²) in [6.45, 7) is 4.59. The maximum absolute atomic E-state index is 12.6. The van der Waals surface area contributed by atoms with E-state index in [0.717, 1.165) is 50.7 Å². The molecule has 132 valence electrons. The van der Waals surface area contributed by atoms with Gasteiger partial charge < -0.3 is 4.84 Å². The summed E-state index contributed by atoms with van der Waals surface area (Å²) >= 11 is 0. The normalized spacial score (nSPS) is 49.5. The standard InChI is InChI=1S/C20H29NO3/c1-19-8-6-13(22)10-12(19)11-16(21-24-3)18-14-4-5-17(23)20(14,2)9-7-15(18)19/h12,14-15,18H,4-11H2,1-3H3/b21-16+/t12?,14-,15+,18-,19-,20-/m0/s1.